The summed E-state index contributed by atoms with van der Waals surface area (Å²) in [4.78, 5) is 28.0. The van der Waals surface area contributed by atoms with Crippen LogP contribution in [-0.4, -0.2) is 26.2 Å². The van der Waals surface area contributed by atoms with Gasteiger partial charge in [0, 0.05) is 0 Å². The van der Waals surface area contributed by atoms with E-state index in [1.165, 1.54) is 6.07 Å². The third kappa shape index (κ3) is 1.41. The molecule has 0 unspecified atom stereocenters. The summed E-state index contributed by atoms with van der Waals surface area (Å²) in [5.41, 5.74) is -0.555. The van der Waals surface area contributed by atoms with Crippen LogP contribution in [0.5, 0.6) is 5.75 Å². The van der Waals surface area contributed by atoms with Crippen molar-refractivity contribution in [2.75, 3.05) is 0 Å². The first kappa shape index (κ1) is 9.20. The van der Waals surface area contributed by atoms with Crippen molar-refractivity contribution in [1.82, 2.24) is 9.97 Å². The molecule has 0 fully saturated rings. The van der Waals surface area contributed by atoms with E-state index in [1.54, 1.807) is 0 Å². The lowest BCUT2D eigenvalue weighted by Gasteiger charge is -2.00. The molecule has 6 nitrogen and oxygen atoms in total. The van der Waals surface area contributed by atoms with E-state index in [9.17, 15) is 14.7 Å². The van der Waals surface area contributed by atoms with Crippen molar-refractivity contribution in [2.45, 2.75) is 0 Å². The summed E-state index contributed by atoms with van der Waals surface area (Å²) < 4.78 is 0. The lowest BCUT2D eigenvalue weighted by molar-refractivity contribution is 0.0696. The van der Waals surface area contributed by atoms with E-state index in [0.29, 0.717) is 0 Å². The van der Waals surface area contributed by atoms with Gasteiger partial charge >= 0.3 is 5.97 Å². The highest BCUT2D eigenvalue weighted by Crippen LogP contribution is 2.21. The number of phenolic OH excluding ortho intramolecular Hbond substituents is 1. The van der Waals surface area contributed by atoms with Crippen LogP contribution in [0.3, 0.4) is 0 Å². The van der Waals surface area contributed by atoms with Crippen LogP contribution in [-0.2, 0) is 0 Å². The number of nitrogens with one attached hydrogen (secondary N) is 1. The Hall–Kier alpha value is -2.37. The number of rotatable bonds is 1. The molecule has 15 heavy (non-hydrogen) atoms. The molecule has 2 aromatic rings. The van der Waals surface area contributed by atoms with E-state index in [1.807, 2.05) is 0 Å². The smallest absolute Gasteiger partial charge is 0.335 e. The van der Waals surface area contributed by atoms with Crippen LogP contribution >= 0.6 is 0 Å². The lowest BCUT2D eigenvalue weighted by atomic mass is 10.1. The third-order valence-electron chi connectivity index (χ3n) is 1.97. The Morgan fingerprint density at radius 1 is 1.40 bits per heavy atom. The quantitative estimate of drug-likeness (QED) is 0.623. The van der Waals surface area contributed by atoms with E-state index in [4.69, 9.17) is 5.11 Å². The molecule has 76 valence electrons. The molecule has 3 N–H and O–H groups in total. The largest absolute Gasteiger partial charge is 0.506 e. The summed E-state index contributed by atoms with van der Waals surface area (Å²) in [6, 6.07) is 2.22. The molecule has 0 aliphatic heterocycles. The van der Waals surface area contributed by atoms with Crippen LogP contribution in [0.4, 0.5) is 0 Å². The molecule has 0 amide bonds. The fourth-order valence-corrected chi connectivity index (χ4v) is 1.28. The second-order valence-corrected chi connectivity index (χ2v) is 2.93. The Kier molecular flexibility index (Phi) is 1.89. The minimum Gasteiger partial charge on any atom is -0.506 e. The fourth-order valence-electron chi connectivity index (χ4n) is 1.28. The van der Waals surface area contributed by atoms with E-state index >= 15 is 0 Å². The fraction of sp³-hybridized carbons (Fsp3) is 0. The molecule has 2 rings (SSSR count). The number of carbonyl (C=O) groups is 1. The van der Waals surface area contributed by atoms with Crippen LogP contribution in [0.15, 0.2) is 23.3 Å². The van der Waals surface area contributed by atoms with Gasteiger partial charge in [-0.1, -0.05) is 0 Å². The van der Waals surface area contributed by atoms with Gasteiger partial charge in [-0.2, -0.15) is 0 Å². The van der Waals surface area contributed by atoms with Gasteiger partial charge in [0.05, 0.1) is 17.3 Å². The van der Waals surface area contributed by atoms with E-state index in [-0.39, 0.29) is 22.2 Å². The van der Waals surface area contributed by atoms with Crippen molar-refractivity contribution in [1.29, 1.82) is 0 Å². The van der Waals surface area contributed by atoms with Gasteiger partial charge < -0.3 is 15.2 Å². The highest BCUT2D eigenvalue weighted by molar-refractivity contribution is 5.95. The molecule has 1 heterocycles. The predicted molar refractivity (Wildman–Crippen MR) is 51.0 cm³/mol. The maximum Gasteiger partial charge on any atom is 0.335 e. The zero-order valence-corrected chi connectivity index (χ0v) is 7.39. The SMILES string of the molecule is O=C(O)c1cc(O)c2nc[nH]c(=O)c2c1. The molecule has 6 heteroatoms. The van der Waals surface area contributed by atoms with Gasteiger partial charge in [0.25, 0.3) is 5.56 Å². The summed E-state index contributed by atoms with van der Waals surface area (Å²) >= 11 is 0. The molecule has 0 radical (unpaired) electrons. The number of hydrogen-bond acceptors (Lipinski definition) is 4. The monoisotopic (exact) mass is 206 g/mol. The van der Waals surface area contributed by atoms with Crippen molar-refractivity contribution < 1.29 is 15.0 Å². The van der Waals surface area contributed by atoms with Crippen LogP contribution in [0.2, 0.25) is 0 Å². The Bertz CT molecular complexity index is 603. The van der Waals surface area contributed by atoms with Crippen molar-refractivity contribution in [3.05, 3.63) is 34.4 Å². The van der Waals surface area contributed by atoms with Gasteiger partial charge in [0.2, 0.25) is 0 Å². The number of hydrogen-bond donors (Lipinski definition) is 3. The minimum absolute atomic E-state index is 0.0508. The predicted octanol–water partition coefficient (Wildman–Crippen LogP) is 0.327. The van der Waals surface area contributed by atoms with Gasteiger partial charge in [-0.25, -0.2) is 9.78 Å². The summed E-state index contributed by atoms with van der Waals surface area (Å²) in [5, 5.41) is 18.2. The van der Waals surface area contributed by atoms with Crippen LogP contribution in [0.25, 0.3) is 10.9 Å². The minimum atomic E-state index is -1.21. The van der Waals surface area contributed by atoms with Crippen molar-refractivity contribution in [3.63, 3.8) is 0 Å². The first-order valence-electron chi connectivity index (χ1n) is 4.03. The number of fused-ring (bicyclic) bond motifs is 1. The molecule has 0 saturated carbocycles. The molecule has 1 aromatic heterocycles. The second kappa shape index (κ2) is 3.09. The number of aromatic hydroxyl groups is 1. The number of aromatic amines is 1. The third-order valence-corrected chi connectivity index (χ3v) is 1.97. The number of aromatic nitrogens is 2. The van der Waals surface area contributed by atoms with Gasteiger partial charge in [-0.05, 0) is 12.1 Å². The average molecular weight is 206 g/mol. The zero-order chi connectivity index (χ0) is 11.0. The zero-order valence-electron chi connectivity index (χ0n) is 7.39. The first-order chi connectivity index (χ1) is 7.09. The second-order valence-electron chi connectivity index (χ2n) is 2.93. The number of H-pyrrole nitrogens is 1. The molecule has 0 saturated heterocycles. The van der Waals surface area contributed by atoms with Gasteiger partial charge in [-0.15, -0.1) is 0 Å². The summed E-state index contributed by atoms with van der Waals surface area (Å²) in [6.07, 6.45) is 1.14. The highest BCUT2D eigenvalue weighted by Gasteiger charge is 2.10. The number of nitrogens with zero attached hydrogens (tertiary/aromatic N) is 1. The number of benzene rings is 1. The maximum atomic E-state index is 11.3. The van der Waals surface area contributed by atoms with Gasteiger partial charge in [0.15, 0.2) is 0 Å². The van der Waals surface area contributed by atoms with Gasteiger partial charge in [-0.3, -0.25) is 4.79 Å². The molecule has 0 atom stereocenters. The average Bonchev–Trinajstić information content (AvgIpc) is 2.19. The highest BCUT2D eigenvalue weighted by atomic mass is 16.4. The topological polar surface area (TPSA) is 103 Å². The van der Waals surface area contributed by atoms with Crippen molar-refractivity contribution in [2.24, 2.45) is 0 Å². The van der Waals surface area contributed by atoms with Crippen LogP contribution < -0.4 is 5.56 Å². The molecule has 0 aliphatic rings. The Labute approximate surface area is 82.8 Å². The number of phenols is 1. The summed E-state index contributed by atoms with van der Waals surface area (Å²) in [5.74, 6) is -1.54. The standard InChI is InChI=1S/C9H6N2O4/c12-6-2-4(9(14)15)1-5-7(6)10-3-11-8(5)13/h1-3,12H,(H,14,15)(H,10,11,13). The maximum absolute atomic E-state index is 11.3. The van der Waals surface area contributed by atoms with E-state index in [2.05, 4.69) is 9.97 Å². The normalized spacial score (nSPS) is 10.4. The number of aromatic carboxylic acids is 1. The summed E-state index contributed by atoms with van der Waals surface area (Å²) in [7, 11) is 0. The Morgan fingerprint density at radius 3 is 2.80 bits per heavy atom. The van der Waals surface area contributed by atoms with Crippen molar-refractivity contribution in [3.8, 4) is 5.75 Å². The van der Waals surface area contributed by atoms with Crippen LogP contribution in [0, 0.1) is 0 Å². The van der Waals surface area contributed by atoms with Gasteiger partial charge in [0.1, 0.15) is 11.3 Å². The summed E-state index contributed by atoms with van der Waals surface area (Å²) in [6.45, 7) is 0. The molecular weight excluding hydrogens is 200 g/mol. The Morgan fingerprint density at radius 2 is 2.13 bits per heavy atom. The molecular formula is C9H6N2O4. The number of carboxylic acids is 1. The molecule has 0 spiro atoms. The first-order valence-corrected chi connectivity index (χ1v) is 4.03. The number of carboxylic acid groups (broad SMARTS) is 1. The molecule has 0 bridgehead atoms. The molecule has 1 aromatic carbocycles. The van der Waals surface area contributed by atoms with E-state index < -0.39 is 11.5 Å². The Balaban J connectivity index is 2.92. The van der Waals surface area contributed by atoms with Crippen molar-refractivity contribution >= 4 is 16.9 Å². The molecule has 0 aliphatic carbocycles. The van der Waals surface area contributed by atoms with Crippen LogP contribution in [0.1, 0.15) is 10.4 Å². The lowest BCUT2D eigenvalue weighted by Crippen LogP contribution is -2.08. The van der Waals surface area contributed by atoms with E-state index in [0.717, 1.165) is 12.4 Å².